The molecular formula is C6H15CuLi. The minimum absolute atomic E-state index is 0. The quantitative estimate of drug-likeness (QED) is 0.331. The van der Waals surface area contributed by atoms with Gasteiger partial charge in [-0.05, 0) is 0 Å². The van der Waals surface area contributed by atoms with Crippen LogP contribution in [0.1, 0.15) is 28.1 Å². The largest absolute Gasteiger partial charge is 2.00 e. The molecule has 8 heavy (non-hydrogen) atoms. The maximum Gasteiger partial charge on any atom is 2.00 e. The molecule has 0 aromatic carbocycles. The number of hydrogen-bond acceptors (Lipinski definition) is 0. The van der Waals surface area contributed by atoms with E-state index in [2.05, 4.69) is 13.8 Å². The van der Waals surface area contributed by atoms with Crippen molar-refractivity contribution < 1.29 is 37.4 Å². The van der Waals surface area contributed by atoms with Crippen LogP contribution < -0.4 is 18.9 Å². The molecule has 0 atom stereocenters. The first kappa shape index (κ1) is 22.9. The van der Waals surface area contributed by atoms with Gasteiger partial charge in [0.15, 0.2) is 0 Å². The van der Waals surface area contributed by atoms with Crippen molar-refractivity contribution in [3.05, 3.63) is 13.8 Å². The van der Waals surface area contributed by atoms with Crippen LogP contribution in [0.25, 0.3) is 0 Å². The molecule has 0 rings (SSSR count). The predicted molar refractivity (Wildman–Crippen MR) is 32.4 cm³/mol. The van der Waals surface area contributed by atoms with Gasteiger partial charge in [0, 0.05) is 0 Å². The van der Waals surface area contributed by atoms with Crippen molar-refractivity contribution in [2.24, 2.45) is 0 Å². The fourth-order valence-corrected chi connectivity index (χ4v) is 0. The van der Waals surface area contributed by atoms with Crippen molar-refractivity contribution in [3.63, 3.8) is 0 Å². The Morgan fingerprint density at radius 3 is 1.12 bits per heavy atom. The Morgan fingerprint density at radius 1 is 1.12 bits per heavy atom. The van der Waals surface area contributed by atoms with Crippen LogP contribution in [0.4, 0.5) is 0 Å². The van der Waals surface area contributed by atoms with Crippen LogP contribution in [0.5, 0.6) is 0 Å². The van der Waals surface area contributed by atoms with Crippen LogP contribution in [0, 0.1) is 13.8 Å². The van der Waals surface area contributed by atoms with Crippen LogP contribution in [0.15, 0.2) is 0 Å². The molecular weight excluding hydrogens is 143 g/mol. The average Bonchev–Trinajstić information content (AvgIpc) is 1.39. The summed E-state index contributed by atoms with van der Waals surface area (Å²) in [6, 6.07) is 0. The molecule has 0 spiro atoms. The first-order valence-electron chi connectivity index (χ1n) is 2.41. The first-order chi connectivity index (χ1) is 2.83. The molecule has 0 aromatic rings. The van der Waals surface area contributed by atoms with E-state index in [-0.39, 0.29) is 37.4 Å². The van der Waals surface area contributed by atoms with Gasteiger partial charge in [0.25, 0.3) is 0 Å². The van der Waals surface area contributed by atoms with Gasteiger partial charge in [-0.3, -0.25) is 0 Å². The number of hydrogen-bond donors (Lipinski definition) is 0. The Labute approximate surface area is 77.9 Å². The van der Waals surface area contributed by atoms with Crippen LogP contribution in [-0.4, -0.2) is 0 Å². The van der Waals surface area contributed by atoms with Crippen LogP contribution in [0.3, 0.4) is 0 Å². The molecule has 0 nitrogen and oxygen atoms in total. The summed E-state index contributed by atoms with van der Waals surface area (Å²) in [4.78, 5) is 0. The van der Waals surface area contributed by atoms with Crippen LogP contribution in [-0.2, 0) is 17.1 Å². The maximum absolute atomic E-state index is 3.49. The summed E-state index contributed by atoms with van der Waals surface area (Å²) in [5.74, 6) is 0. The van der Waals surface area contributed by atoms with Gasteiger partial charge in [-0.2, -0.15) is 12.8 Å². The molecule has 0 aliphatic heterocycles. The summed E-state index contributed by atoms with van der Waals surface area (Å²) < 4.78 is 0. The molecule has 0 saturated heterocycles. The summed E-state index contributed by atoms with van der Waals surface area (Å²) in [5.41, 5.74) is 0. The second kappa shape index (κ2) is 42.3. The molecule has 0 fully saturated rings. The standard InChI is InChI=1S/2C3H7.Cu.Li.H/c2*1-3-2;;;/h2*1,3H2,2H3;;;/q2*-1;+2;+1;-1. The molecule has 2 heteroatoms. The van der Waals surface area contributed by atoms with E-state index in [4.69, 9.17) is 0 Å². The first-order valence-corrected chi connectivity index (χ1v) is 2.41. The third-order valence-electron chi connectivity index (χ3n) is 0. The van der Waals surface area contributed by atoms with Crippen molar-refractivity contribution in [2.45, 2.75) is 26.7 Å². The van der Waals surface area contributed by atoms with Gasteiger partial charge in [0.2, 0.25) is 0 Å². The molecule has 0 bridgehead atoms. The van der Waals surface area contributed by atoms with Crippen molar-refractivity contribution in [3.8, 4) is 0 Å². The summed E-state index contributed by atoms with van der Waals surface area (Å²) in [7, 11) is 0. The minimum atomic E-state index is 0. The van der Waals surface area contributed by atoms with Gasteiger partial charge < -0.3 is 15.3 Å². The SMILES string of the molecule is [CH2-]CC.[CH2-]CC.[Cu+2].[H-].[Li+]. The number of rotatable bonds is 0. The van der Waals surface area contributed by atoms with E-state index in [1.807, 2.05) is 13.8 Å². The predicted octanol–water partition coefficient (Wildman–Crippen LogP) is -0.425. The Hall–Kier alpha value is 1.12. The second-order valence-corrected chi connectivity index (χ2v) is 1.000. The Morgan fingerprint density at radius 2 is 1.12 bits per heavy atom. The van der Waals surface area contributed by atoms with Gasteiger partial charge in [-0.1, -0.05) is 13.8 Å². The third kappa shape index (κ3) is 213. The molecule has 51 valence electrons. The molecule has 0 N–H and O–H groups in total. The van der Waals surface area contributed by atoms with Gasteiger partial charge in [-0.25, -0.2) is 0 Å². The molecule has 0 aliphatic rings. The molecule has 1 radical (unpaired) electrons. The van der Waals surface area contributed by atoms with E-state index >= 15 is 0 Å². The summed E-state index contributed by atoms with van der Waals surface area (Å²) in [5, 5.41) is 0. The molecule has 0 unspecified atom stereocenters. The maximum atomic E-state index is 3.49. The Bertz CT molecular complexity index is 15.0. The van der Waals surface area contributed by atoms with Gasteiger partial charge in [0.1, 0.15) is 0 Å². The fourth-order valence-electron chi connectivity index (χ4n) is 0. The van der Waals surface area contributed by atoms with Crippen molar-refractivity contribution in [2.75, 3.05) is 0 Å². The molecule has 0 heterocycles. The monoisotopic (exact) mass is 157 g/mol. The molecule has 0 aromatic heterocycles. The summed E-state index contributed by atoms with van der Waals surface area (Å²) in [6.45, 7) is 11.0. The van der Waals surface area contributed by atoms with Crippen molar-refractivity contribution in [1.82, 2.24) is 0 Å². The topological polar surface area (TPSA) is 0 Å². The summed E-state index contributed by atoms with van der Waals surface area (Å²) in [6.07, 6.45) is 2.00. The van der Waals surface area contributed by atoms with E-state index in [9.17, 15) is 0 Å². The van der Waals surface area contributed by atoms with E-state index in [0.717, 1.165) is 12.8 Å². The normalized spacial score (nSPS) is 4.50. The zero-order chi connectivity index (χ0) is 5.41. The zero-order valence-electron chi connectivity index (χ0n) is 7.13. The van der Waals surface area contributed by atoms with Crippen molar-refractivity contribution >= 4 is 0 Å². The Kier molecular flexibility index (Phi) is 121. The molecule has 0 aliphatic carbocycles. The minimum Gasteiger partial charge on any atom is -1.00 e. The smallest absolute Gasteiger partial charge is 1.00 e. The summed E-state index contributed by atoms with van der Waals surface area (Å²) >= 11 is 0. The van der Waals surface area contributed by atoms with E-state index in [1.54, 1.807) is 0 Å². The average molecular weight is 158 g/mol. The van der Waals surface area contributed by atoms with Gasteiger partial charge in [-0.15, -0.1) is 0 Å². The second-order valence-electron chi connectivity index (χ2n) is 1.000. The fraction of sp³-hybridized carbons (Fsp3) is 0.667. The molecule has 0 saturated carbocycles. The van der Waals surface area contributed by atoms with Crippen LogP contribution in [0.2, 0.25) is 0 Å². The Balaban J connectivity index is -0.00000000889. The zero-order valence-corrected chi connectivity index (χ0v) is 7.07. The van der Waals surface area contributed by atoms with Crippen molar-refractivity contribution in [1.29, 1.82) is 0 Å². The van der Waals surface area contributed by atoms with Crippen LogP contribution >= 0.6 is 0 Å². The third-order valence-corrected chi connectivity index (χ3v) is 0. The van der Waals surface area contributed by atoms with Gasteiger partial charge in [0.05, 0.1) is 0 Å². The van der Waals surface area contributed by atoms with E-state index in [0.29, 0.717) is 0 Å². The van der Waals surface area contributed by atoms with E-state index < -0.39 is 0 Å². The van der Waals surface area contributed by atoms with E-state index in [1.165, 1.54) is 0 Å². The van der Waals surface area contributed by atoms with Gasteiger partial charge >= 0.3 is 35.9 Å². The molecule has 0 amide bonds.